The van der Waals surface area contributed by atoms with Crippen molar-refractivity contribution >= 4 is 36.2 Å². The predicted molar refractivity (Wildman–Crippen MR) is 175 cm³/mol. The third-order valence-corrected chi connectivity index (χ3v) is 13.1. The van der Waals surface area contributed by atoms with Crippen molar-refractivity contribution in [3.63, 3.8) is 0 Å². The first-order valence-corrected chi connectivity index (χ1v) is 16.8. The van der Waals surface area contributed by atoms with Gasteiger partial charge >= 0.3 is 0 Å². The van der Waals surface area contributed by atoms with Gasteiger partial charge in [0.1, 0.15) is 11.8 Å². The lowest BCUT2D eigenvalue weighted by molar-refractivity contribution is 0.0947. The highest BCUT2D eigenvalue weighted by molar-refractivity contribution is 6.99. The van der Waals surface area contributed by atoms with E-state index in [1.165, 1.54) is 10.4 Å². The van der Waals surface area contributed by atoms with Crippen molar-refractivity contribution in [2.75, 3.05) is 6.54 Å². The Hall–Kier alpha value is -4.49. The van der Waals surface area contributed by atoms with Gasteiger partial charge in [0.05, 0.1) is 34.6 Å². The maximum atomic E-state index is 13.0. The molecule has 0 aliphatic rings. The average Bonchev–Trinajstić information content (AvgIpc) is 3.71. The highest BCUT2D eigenvalue weighted by atomic mass is 35.5. The normalized spacial score (nSPS) is 12.5. The Bertz CT molecular complexity index is 1730. The van der Waals surface area contributed by atoms with Crippen LogP contribution in [0.15, 0.2) is 97.2 Å². The van der Waals surface area contributed by atoms with Gasteiger partial charge < -0.3 is 9.74 Å². The summed E-state index contributed by atoms with van der Waals surface area (Å²) in [6.07, 6.45) is 1.50. The summed E-state index contributed by atoms with van der Waals surface area (Å²) in [6.45, 7) is 9.55. The van der Waals surface area contributed by atoms with E-state index in [2.05, 4.69) is 96.0 Å². The zero-order valence-electron chi connectivity index (χ0n) is 25.2. The first-order chi connectivity index (χ1) is 21.1. The molecule has 0 saturated heterocycles. The van der Waals surface area contributed by atoms with E-state index >= 15 is 0 Å². The number of nitrogens with zero attached hydrogens (tertiary/aromatic N) is 4. The van der Waals surface area contributed by atoms with Crippen LogP contribution in [-0.2, 0) is 11.0 Å². The quantitative estimate of drug-likeness (QED) is 0.190. The van der Waals surface area contributed by atoms with Gasteiger partial charge in [0.25, 0.3) is 14.2 Å². The number of aromatic nitrogens is 4. The van der Waals surface area contributed by atoms with Gasteiger partial charge in [-0.1, -0.05) is 99.1 Å². The maximum absolute atomic E-state index is 13.0. The standard InChI is InChI=1S/C34H35ClN6O2Si/c1-24(43-44(34(2,3)4,27-11-7-5-8-12-27)28-13-9-6-10-14-28)31-22-32(39-38-31)33(42)37-18-20-41-19-17-30(40-41)25-15-16-26(23-36)29(35)21-25/h5-17,19,21-22,24H,18,20H2,1-4H3,(H,37,42)(H,38,39)/t24-/m0/s1. The second-order valence-corrected chi connectivity index (χ2v) is 16.3. The minimum absolute atomic E-state index is 0.178. The monoisotopic (exact) mass is 622 g/mol. The molecule has 224 valence electrons. The molecule has 5 rings (SSSR count). The third-order valence-electron chi connectivity index (χ3n) is 7.69. The van der Waals surface area contributed by atoms with E-state index in [1.54, 1.807) is 22.9 Å². The molecule has 0 saturated carbocycles. The number of aromatic amines is 1. The fraction of sp³-hybridized carbons (Fsp3) is 0.235. The lowest BCUT2D eigenvalue weighted by Gasteiger charge is -2.44. The second kappa shape index (κ2) is 13.0. The summed E-state index contributed by atoms with van der Waals surface area (Å²) in [6, 6.07) is 31.8. The van der Waals surface area contributed by atoms with E-state index in [0.717, 1.165) is 17.0 Å². The summed E-state index contributed by atoms with van der Waals surface area (Å²) < 4.78 is 8.90. The Labute approximate surface area is 263 Å². The molecule has 2 heterocycles. The Balaban J connectivity index is 1.26. The minimum Gasteiger partial charge on any atom is -0.399 e. The predicted octanol–water partition coefficient (Wildman–Crippen LogP) is 5.87. The van der Waals surface area contributed by atoms with Crippen LogP contribution in [-0.4, -0.2) is 40.7 Å². The SMILES string of the molecule is C[C@H](O[Si](c1ccccc1)(c1ccccc1)C(C)(C)C)c1cc(C(=O)NCCn2ccc(-c3ccc(C#N)c(Cl)c3)n2)n[nH]1. The number of hydrogen-bond donors (Lipinski definition) is 2. The van der Waals surface area contributed by atoms with Crippen LogP contribution in [0.1, 0.15) is 55.5 Å². The lowest BCUT2D eigenvalue weighted by Crippen LogP contribution is -2.66. The number of amides is 1. The van der Waals surface area contributed by atoms with E-state index in [-0.39, 0.29) is 17.0 Å². The van der Waals surface area contributed by atoms with E-state index < -0.39 is 8.32 Å². The number of H-pyrrole nitrogens is 1. The number of carbonyl (C=O) groups excluding carboxylic acids is 1. The number of nitrogens with one attached hydrogen (secondary N) is 2. The van der Waals surface area contributed by atoms with Crippen LogP contribution in [0.4, 0.5) is 0 Å². The van der Waals surface area contributed by atoms with Crippen molar-refractivity contribution in [2.24, 2.45) is 0 Å². The van der Waals surface area contributed by atoms with Gasteiger partial charge in [0, 0.05) is 18.3 Å². The molecule has 2 aromatic heterocycles. The maximum Gasteiger partial charge on any atom is 0.271 e. The van der Waals surface area contributed by atoms with Crippen LogP contribution < -0.4 is 15.7 Å². The number of nitriles is 1. The van der Waals surface area contributed by atoms with Gasteiger partial charge in [-0.3, -0.25) is 14.6 Å². The molecule has 0 aliphatic carbocycles. The summed E-state index contributed by atoms with van der Waals surface area (Å²) in [5, 5.41) is 26.5. The number of halogens is 1. The third kappa shape index (κ3) is 6.38. The van der Waals surface area contributed by atoms with Gasteiger partial charge in [-0.05, 0) is 46.6 Å². The molecule has 0 radical (unpaired) electrons. The second-order valence-electron chi connectivity index (χ2n) is 11.7. The molecule has 2 N–H and O–H groups in total. The smallest absolute Gasteiger partial charge is 0.271 e. The van der Waals surface area contributed by atoms with Gasteiger partial charge in [-0.2, -0.15) is 15.5 Å². The van der Waals surface area contributed by atoms with Gasteiger partial charge in [-0.25, -0.2) is 0 Å². The first-order valence-electron chi connectivity index (χ1n) is 14.5. The first kappa shape index (κ1) is 30.9. The van der Waals surface area contributed by atoms with Crippen molar-refractivity contribution < 1.29 is 9.22 Å². The molecule has 44 heavy (non-hydrogen) atoms. The summed E-state index contributed by atoms with van der Waals surface area (Å²) in [7, 11) is -2.78. The summed E-state index contributed by atoms with van der Waals surface area (Å²) in [5.74, 6) is -0.281. The summed E-state index contributed by atoms with van der Waals surface area (Å²) in [5.41, 5.74) is 3.00. The zero-order valence-corrected chi connectivity index (χ0v) is 27.0. The Kier molecular flexibility index (Phi) is 9.16. The molecule has 0 unspecified atom stereocenters. The van der Waals surface area contributed by atoms with E-state index in [9.17, 15) is 4.79 Å². The fourth-order valence-corrected chi connectivity index (χ4v) is 10.4. The van der Waals surface area contributed by atoms with Crippen LogP contribution in [0, 0.1) is 11.3 Å². The molecule has 0 aliphatic heterocycles. The van der Waals surface area contributed by atoms with E-state index in [1.807, 2.05) is 37.4 Å². The molecule has 5 aromatic rings. The molecular weight excluding hydrogens is 588 g/mol. The highest BCUT2D eigenvalue weighted by Crippen LogP contribution is 2.39. The van der Waals surface area contributed by atoms with Gasteiger partial charge in [0.15, 0.2) is 0 Å². The molecule has 10 heteroatoms. The molecule has 0 spiro atoms. The van der Waals surface area contributed by atoms with Crippen molar-refractivity contribution in [3.05, 3.63) is 119 Å². The Morgan fingerprint density at radius 3 is 2.30 bits per heavy atom. The minimum atomic E-state index is -2.78. The number of rotatable bonds is 10. The Morgan fingerprint density at radius 1 is 1.05 bits per heavy atom. The van der Waals surface area contributed by atoms with Crippen molar-refractivity contribution in [2.45, 2.75) is 45.4 Å². The molecular formula is C34H35ClN6O2Si. The zero-order chi connectivity index (χ0) is 31.3. The van der Waals surface area contributed by atoms with Crippen LogP contribution in [0.25, 0.3) is 11.3 Å². The van der Waals surface area contributed by atoms with Crippen molar-refractivity contribution in [3.8, 4) is 17.3 Å². The number of hydrogen-bond acceptors (Lipinski definition) is 5. The lowest BCUT2D eigenvalue weighted by atomic mass is 10.1. The van der Waals surface area contributed by atoms with E-state index in [4.69, 9.17) is 21.3 Å². The molecule has 1 amide bonds. The molecule has 3 aromatic carbocycles. The molecule has 8 nitrogen and oxygen atoms in total. The summed E-state index contributed by atoms with van der Waals surface area (Å²) in [4.78, 5) is 13.0. The highest BCUT2D eigenvalue weighted by Gasteiger charge is 2.51. The van der Waals surface area contributed by atoms with Crippen LogP contribution >= 0.6 is 11.6 Å². The average molecular weight is 623 g/mol. The van der Waals surface area contributed by atoms with Crippen molar-refractivity contribution in [1.29, 1.82) is 5.26 Å². The topological polar surface area (TPSA) is 109 Å². The van der Waals surface area contributed by atoms with Crippen molar-refractivity contribution in [1.82, 2.24) is 25.3 Å². The summed E-state index contributed by atoms with van der Waals surface area (Å²) >= 11 is 6.17. The molecule has 0 bridgehead atoms. The van der Waals surface area contributed by atoms with Crippen LogP contribution in [0.2, 0.25) is 10.1 Å². The fourth-order valence-electron chi connectivity index (χ4n) is 5.46. The van der Waals surface area contributed by atoms with Crippen LogP contribution in [0.3, 0.4) is 0 Å². The number of carbonyl (C=O) groups is 1. The van der Waals surface area contributed by atoms with Gasteiger partial charge in [-0.15, -0.1) is 0 Å². The largest absolute Gasteiger partial charge is 0.399 e. The van der Waals surface area contributed by atoms with E-state index in [0.29, 0.717) is 29.4 Å². The van der Waals surface area contributed by atoms with Gasteiger partial charge in [0.2, 0.25) is 0 Å². The Morgan fingerprint density at radius 2 is 1.70 bits per heavy atom. The van der Waals surface area contributed by atoms with Crippen LogP contribution in [0.5, 0.6) is 0 Å². The molecule has 0 fully saturated rings. The molecule has 1 atom stereocenters. The number of benzene rings is 3.